The van der Waals surface area contributed by atoms with Gasteiger partial charge in [-0.05, 0) is 18.2 Å². The van der Waals surface area contributed by atoms with E-state index >= 15 is 0 Å². The quantitative estimate of drug-likeness (QED) is 0.804. The summed E-state index contributed by atoms with van der Waals surface area (Å²) >= 11 is 0. The third-order valence-corrected chi connectivity index (χ3v) is 2.74. The Morgan fingerprint density at radius 3 is 2.84 bits per heavy atom. The highest BCUT2D eigenvalue weighted by atomic mass is 19.3. The molecule has 0 radical (unpaired) electrons. The molecule has 1 aliphatic heterocycles. The Bertz CT molecular complexity index is 519. The molecule has 3 N–H and O–H groups in total. The summed E-state index contributed by atoms with van der Waals surface area (Å²) in [6.45, 7) is 0.0452. The fraction of sp³-hybridized carbons (Fsp3) is 0.333. The number of hydrogen-bond acceptors (Lipinski definition) is 4. The number of nitrogens with two attached hydrogens (primary N) is 1. The van der Waals surface area contributed by atoms with Crippen LogP contribution in [0.1, 0.15) is 16.8 Å². The summed E-state index contributed by atoms with van der Waals surface area (Å²) in [6, 6.07) is 6.30. The van der Waals surface area contributed by atoms with Gasteiger partial charge in [-0.3, -0.25) is 4.79 Å². The molecule has 1 aromatic carbocycles. The molecule has 0 aromatic heterocycles. The lowest BCUT2D eigenvalue weighted by Gasteiger charge is -2.11. The first-order chi connectivity index (χ1) is 8.88. The number of anilines is 1. The van der Waals surface area contributed by atoms with Crippen molar-refractivity contribution in [3.05, 3.63) is 29.8 Å². The molecule has 0 bridgehead atoms. The van der Waals surface area contributed by atoms with Gasteiger partial charge in [0.2, 0.25) is 5.91 Å². The number of carbonyl (C=O) groups is 2. The largest absolute Gasteiger partial charge is 0.456 e. The maximum Gasteiger partial charge on any atom is 0.377 e. The van der Waals surface area contributed by atoms with Gasteiger partial charge >= 0.3 is 11.9 Å². The van der Waals surface area contributed by atoms with Crippen molar-refractivity contribution in [3.63, 3.8) is 0 Å². The van der Waals surface area contributed by atoms with Crippen molar-refractivity contribution in [2.75, 3.05) is 11.9 Å². The van der Waals surface area contributed by atoms with Gasteiger partial charge in [0.15, 0.2) is 0 Å². The molecule has 1 atom stereocenters. The van der Waals surface area contributed by atoms with Crippen molar-refractivity contribution in [2.45, 2.75) is 18.4 Å². The number of alkyl halides is 2. The van der Waals surface area contributed by atoms with Gasteiger partial charge in [-0.2, -0.15) is 8.78 Å². The van der Waals surface area contributed by atoms with E-state index in [2.05, 4.69) is 10.1 Å². The SMILES string of the molecule is NC(=O)c1cccc(NCC2CC(F)(F)C(=O)O2)c1. The van der Waals surface area contributed by atoms with E-state index in [0.717, 1.165) is 0 Å². The molecule has 7 heteroatoms. The normalized spacial score (nSPS) is 20.9. The van der Waals surface area contributed by atoms with Crippen LogP contribution in [0.25, 0.3) is 0 Å². The van der Waals surface area contributed by atoms with Gasteiger partial charge in [-0.15, -0.1) is 0 Å². The van der Waals surface area contributed by atoms with Crippen molar-refractivity contribution in [3.8, 4) is 0 Å². The van der Waals surface area contributed by atoms with E-state index in [1.807, 2.05) is 0 Å². The van der Waals surface area contributed by atoms with E-state index < -0.39 is 30.3 Å². The zero-order chi connectivity index (χ0) is 14.0. The smallest absolute Gasteiger partial charge is 0.377 e. The van der Waals surface area contributed by atoms with E-state index in [0.29, 0.717) is 11.3 Å². The Kier molecular flexibility index (Phi) is 3.37. The predicted octanol–water partition coefficient (Wildman–Crippen LogP) is 1.15. The van der Waals surface area contributed by atoms with Crippen LogP contribution in [0.15, 0.2) is 24.3 Å². The number of ether oxygens (including phenoxy) is 1. The lowest BCUT2D eigenvalue weighted by molar-refractivity contribution is -0.158. The molecule has 1 heterocycles. The summed E-state index contributed by atoms with van der Waals surface area (Å²) in [4.78, 5) is 21.8. The molecule has 1 saturated heterocycles. The first-order valence-corrected chi connectivity index (χ1v) is 5.61. The maximum absolute atomic E-state index is 12.9. The molecule has 2 rings (SSSR count). The molecule has 5 nitrogen and oxygen atoms in total. The topological polar surface area (TPSA) is 81.4 Å². The number of amides is 1. The molecule has 0 spiro atoms. The number of cyclic esters (lactones) is 1. The molecular weight excluding hydrogens is 258 g/mol. The lowest BCUT2D eigenvalue weighted by atomic mass is 10.1. The van der Waals surface area contributed by atoms with Crippen LogP contribution in [-0.4, -0.2) is 30.4 Å². The van der Waals surface area contributed by atoms with Gasteiger partial charge in [-0.1, -0.05) is 6.07 Å². The molecule has 1 fully saturated rings. The van der Waals surface area contributed by atoms with Gasteiger partial charge in [0.1, 0.15) is 6.10 Å². The summed E-state index contributed by atoms with van der Waals surface area (Å²) in [7, 11) is 0. The maximum atomic E-state index is 12.9. The number of nitrogens with one attached hydrogen (secondary N) is 1. The number of rotatable bonds is 4. The Morgan fingerprint density at radius 1 is 1.53 bits per heavy atom. The second-order valence-corrected chi connectivity index (χ2v) is 4.26. The summed E-state index contributed by atoms with van der Waals surface area (Å²) in [5.41, 5.74) is 5.97. The standard InChI is InChI=1S/C12H12F2N2O3/c13-12(14)5-9(19-11(12)18)6-16-8-3-1-2-7(4-8)10(15)17/h1-4,9,16H,5-6H2,(H2,15,17). The molecule has 102 valence electrons. The van der Waals surface area contributed by atoms with Crippen molar-refractivity contribution in [2.24, 2.45) is 5.73 Å². The summed E-state index contributed by atoms with van der Waals surface area (Å²) in [5, 5.41) is 2.82. The first kappa shape index (κ1) is 13.3. The van der Waals surface area contributed by atoms with Gasteiger partial charge in [0.05, 0.1) is 13.0 Å². The number of carbonyl (C=O) groups excluding carboxylic acids is 2. The van der Waals surface area contributed by atoms with E-state index in [9.17, 15) is 18.4 Å². The van der Waals surface area contributed by atoms with Crippen molar-refractivity contribution >= 4 is 17.6 Å². The van der Waals surface area contributed by atoms with Gasteiger partial charge in [-0.25, -0.2) is 4.79 Å². The fourth-order valence-electron chi connectivity index (χ4n) is 1.78. The van der Waals surface area contributed by atoms with Gasteiger partial charge < -0.3 is 15.8 Å². The van der Waals surface area contributed by atoms with Crippen LogP contribution < -0.4 is 11.1 Å². The Hall–Kier alpha value is -2.18. The third-order valence-electron chi connectivity index (χ3n) is 2.74. The van der Waals surface area contributed by atoms with E-state index in [1.54, 1.807) is 12.1 Å². The molecule has 1 aromatic rings. The molecule has 19 heavy (non-hydrogen) atoms. The fourth-order valence-corrected chi connectivity index (χ4v) is 1.78. The van der Waals surface area contributed by atoms with Crippen molar-refractivity contribution < 1.29 is 23.1 Å². The van der Waals surface area contributed by atoms with Crippen LogP contribution in [0.2, 0.25) is 0 Å². The highest BCUT2D eigenvalue weighted by Gasteiger charge is 2.50. The lowest BCUT2D eigenvalue weighted by Crippen LogP contribution is -2.22. The van der Waals surface area contributed by atoms with E-state index in [-0.39, 0.29) is 6.54 Å². The minimum absolute atomic E-state index is 0.0452. The zero-order valence-corrected chi connectivity index (χ0v) is 9.86. The molecule has 1 unspecified atom stereocenters. The zero-order valence-electron chi connectivity index (χ0n) is 9.86. The van der Waals surface area contributed by atoms with Crippen molar-refractivity contribution in [1.29, 1.82) is 0 Å². The van der Waals surface area contributed by atoms with Crippen molar-refractivity contribution in [1.82, 2.24) is 0 Å². The predicted molar refractivity (Wildman–Crippen MR) is 62.9 cm³/mol. The number of primary amides is 1. The first-order valence-electron chi connectivity index (χ1n) is 5.61. The van der Waals surface area contributed by atoms with E-state index in [1.165, 1.54) is 12.1 Å². The van der Waals surface area contributed by atoms with Crippen LogP contribution in [0, 0.1) is 0 Å². The Morgan fingerprint density at radius 2 is 2.26 bits per heavy atom. The molecule has 0 saturated carbocycles. The van der Waals surface area contributed by atoms with Crippen LogP contribution >= 0.6 is 0 Å². The summed E-state index contributed by atoms with van der Waals surface area (Å²) in [6.07, 6.45) is -1.53. The van der Waals surface area contributed by atoms with Crippen LogP contribution in [0.5, 0.6) is 0 Å². The number of hydrogen-bond donors (Lipinski definition) is 2. The average Bonchev–Trinajstić information content (AvgIpc) is 2.61. The van der Waals surface area contributed by atoms with Crippen LogP contribution in [-0.2, 0) is 9.53 Å². The van der Waals surface area contributed by atoms with E-state index in [4.69, 9.17) is 5.73 Å². The van der Waals surface area contributed by atoms with Crippen LogP contribution in [0.3, 0.4) is 0 Å². The monoisotopic (exact) mass is 270 g/mol. The highest BCUT2D eigenvalue weighted by molar-refractivity contribution is 5.93. The number of esters is 1. The van der Waals surface area contributed by atoms with Gasteiger partial charge in [0.25, 0.3) is 0 Å². The number of halogens is 2. The summed E-state index contributed by atoms with van der Waals surface area (Å²) in [5.74, 6) is -5.49. The third kappa shape index (κ3) is 2.98. The summed E-state index contributed by atoms with van der Waals surface area (Å²) < 4.78 is 30.4. The minimum Gasteiger partial charge on any atom is -0.456 e. The second-order valence-electron chi connectivity index (χ2n) is 4.26. The second kappa shape index (κ2) is 4.83. The molecular formula is C12H12F2N2O3. The number of benzene rings is 1. The average molecular weight is 270 g/mol. The van der Waals surface area contributed by atoms with Crippen LogP contribution in [0.4, 0.5) is 14.5 Å². The molecule has 1 amide bonds. The highest BCUT2D eigenvalue weighted by Crippen LogP contribution is 2.30. The molecule has 1 aliphatic rings. The Balaban J connectivity index is 1.95. The van der Waals surface area contributed by atoms with Gasteiger partial charge in [0, 0.05) is 11.3 Å². The molecule has 0 aliphatic carbocycles. The Labute approximate surface area is 107 Å². The minimum atomic E-state index is -3.42.